The van der Waals surface area contributed by atoms with Crippen molar-refractivity contribution in [2.45, 2.75) is 18.6 Å². The largest absolute Gasteiger partial charge is 0.469 e. The number of hydrogen-bond acceptors (Lipinski definition) is 7. The first kappa shape index (κ1) is 16.6. The number of carbonyl (C=O) groups excluding carboxylic acids is 2. The standard InChI is InChI=1S/C18H15N3O4S/c1-11-12(7-9-24-11)15-19-20-18(25-15)26-10-4-8-21-16(22)13-5-2-3-6-14(13)17(21)23/h2-3,5-7,9H,4,8,10H2,1H3. The third-order valence-electron chi connectivity index (χ3n) is 4.13. The Morgan fingerprint density at radius 1 is 1.04 bits per heavy atom. The molecule has 26 heavy (non-hydrogen) atoms. The molecule has 0 saturated carbocycles. The van der Waals surface area contributed by atoms with E-state index < -0.39 is 0 Å². The lowest BCUT2D eigenvalue weighted by Crippen LogP contribution is -2.30. The SMILES string of the molecule is Cc1occc1-c1nnc(SCCCN2C(=O)c3ccccc3C2=O)o1. The van der Waals surface area contributed by atoms with Crippen LogP contribution in [0.3, 0.4) is 0 Å². The molecule has 0 N–H and O–H groups in total. The number of benzene rings is 1. The molecule has 0 saturated heterocycles. The molecule has 1 aromatic carbocycles. The summed E-state index contributed by atoms with van der Waals surface area (Å²) >= 11 is 1.39. The number of aromatic nitrogens is 2. The van der Waals surface area contributed by atoms with E-state index >= 15 is 0 Å². The monoisotopic (exact) mass is 369 g/mol. The maximum atomic E-state index is 12.3. The molecule has 2 aromatic heterocycles. The maximum absolute atomic E-state index is 12.3. The van der Waals surface area contributed by atoms with Crippen LogP contribution in [0.2, 0.25) is 0 Å². The van der Waals surface area contributed by atoms with Gasteiger partial charge < -0.3 is 8.83 Å². The molecule has 0 unspecified atom stereocenters. The summed E-state index contributed by atoms with van der Waals surface area (Å²) in [6.07, 6.45) is 2.21. The molecular weight excluding hydrogens is 354 g/mol. The first-order chi connectivity index (χ1) is 12.6. The van der Waals surface area contributed by atoms with Crippen molar-refractivity contribution >= 4 is 23.6 Å². The second kappa shape index (κ2) is 6.80. The van der Waals surface area contributed by atoms with Gasteiger partial charge in [-0.2, -0.15) is 0 Å². The molecule has 0 radical (unpaired) electrons. The Morgan fingerprint density at radius 3 is 2.42 bits per heavy atom. The van der Waals surface area contributed by atoms with Gasteiger partial charge in [0.2, 0.25) is 0 Å². The highest BCUT2D eigenvalue weighted by molar-refractivity contribution is 7.99. The smallest absolute Gasteiger partial charge is 0.276 e. The lowest BCUT2D eigenvalue weighted by molar-refractivity contribution is 0.0655. The van der Waals surface area contributed by atoms with E-state index in [-0.39, 0.29) is 11.8 Å². The van der Waals surface area contributed by atoms with E-state index in [9.17, 15) is 9.59 Å². The average molecular weight is 369 g/mol. The fraction of sp³-hybridized carbons (Fsp3) is 0.222. The molecule has 7 nitrogen and oxygen atoms in total. The summed E-state index contributed by atoms with van der Waals surface area (Å²) in [5.74, 6) is 1.33. The van der Waals surface area contributed by atoms with Crippen molar-refractivity contribution < 1.29 is 18.4 Å². The number of imide groups is 1. The van der Waals surface area contributed by atoms with E-state index in [0.717, 1.165) is 11.3 Å². The van der Waals surface area contributed by atoms with Gasteiger partial charge >= 0.3 is 0 Å². The molecule has 132 valence electrons. The number of thioether (sulfide) groups is 1. The Kier molecular flexibility index (Phi) is 4.34. The minimum atomic E-state index is -0.230. The van der Waals surface area contributed by atoms with Gasteiger partial charge in [0.15, 0.2) is 0 Å². The predicted molar refractivity (Wildman–Crippen MR) is 93.9 cm³/mol. The van der Waals surface area contributed by atoms with Crippen molar-refractivity contribution in [1.82, 2.24) is 15.1 Å². The number of hydrogen-bond donors (Lipinski definition) is 0. The molecule has 0 atom stereocenters. The molecule has 2 amide bonds. The van der Waals surface area contributed by atoms with E-state index in [1.54, 1.807) is 36.6 Å². The second-order valence-corrected chi connectivity index (χ2v) is 6.82. The molecule has 1 aliphatic rings. The number of amides is 2. The third kappa shape index (κ3) is 2.92. The van der Waals surface area contributed by atoms with Crippen LogP contribution in [0.15, 0.2) is 50.7 Å². The van der Waals surface area contributed by atoms with E-state index in [2.05, 4.69) is 10.2 Å². The van der Waals surface area contributed by atoms with Crippen molar-refractivity contribution in [3.8, 4) is 11.5 Å². The normalized spacial score (nSPS) is 13.5. The molecule has 1 aliphatic heterocycles. The van der Waals surface area contributed by atoms with Crippen LogP contribution in [0, 0.1) is 6.92 Å². The lowest BCUT2D eigenvalue weighted by Gasteiger charge is -2.12. The van der Waals surface area contributed by atoms with Gasteiger partial charge in [0, 0.05) is 12.3 Å². The topological polar surface area (TPSA) is 89.4 Å². The molecule has 0 aliphatic carbocycles. The molecule has 0 fully saturated rings. The highest BCUT2D eigenvalue weighted by Gasteiger charge is 2.34. The van der Waals surface area contributed by atoms with Gasteiger partial charge in [0.1, 0.15) is 5.76 Å². The molecule has 0 spiro atoms. The van der Waals surface area contributed by atoms with E-state index in [1.165, 1.54) is 16.7 Å². The zero-order chi connectivity index (χ0) is 18.1. The molecule has 8 heteroatoms. The first-order valence-electron chi connectivity index (χ1n) is 8.11. The summed E-state index contributed by atoms with van der Waals surface area (Å²) in [5, 5.41) is 8.46. The fourth-order valence-electron chi connectivity index (χ4n) is 2.81. The number of rotatable bonds is 6. The van der Waals surface area contributed by atoms with Gasteiger partial charge in [-0.3, -0.25) is 14.5 Å². The van der Waals surface area contributed by atoms with Crippen molar-refractivity contribution in [3.05, 3.63) is 53.5 Å². The zero-order valence-electron chi connectivity index (χ0n) is 14.0. The predicted octanol–water partition coefficient (Wildman–Crippen LogP) is 3.42. The van der Waals surface area contributed by atoms with Gasteiger partial charge in [-0.1, -0.05) is 23.9 Å². The zero-order valence-corrected chi connectivity index (χ0v) is 14.8. The number of fused-ring (bicyclic) bond motifs is 1. The Morgan fingerprint density at radius 2 is 1.77 bits per heavy atom. The summed E-state index contributed by atoms with van der Waals surface area (Å²) in [6.45, 7) is 2.19. The lowest BCUT2D eigenvalue weighted by atomic mass is 10.1. The van der Waals surface area contributed by atoms with Gasteiger partial charge in [-0.25, -0.2) is 0 Å². The molecule has 4 rings (SSSR count). The van der Waals surface area contributed by atoms with Crippen molar-refractivity contribution in [2.24, 2.45) is 0 Å². The molecule has 0 bridgehead atoms. The van der Waals surface area contributed by atoms with Crippen LogP contribution in [0.1, 0.15) is 32.9 Å². The fourth-order valence-corrected chi connectivity index (χ4v) is 3.49. The highest BCUT2D eigenvalue weighted by Crippen LogP contribution is 2.27. The molecule has 3 aromatic rings. The minimum absolute atomic E-state index is 0.230. The average Bonchev–Trinajstić information content (AvgIpc) is 3.34. The Labute approximate surface area is 153 Å². The van der Waals surface area contributed by atoms with Crippen LogP contribution in [0.4, 0.5) is 0 Å². The van der Waals surface area contributed by atoms with Gasteiger partial charge in [-0.05, 0) is 31.5 Å². The molecular formula is C18H15N3O4S. The summed E-state index contributed by atoms with van der Waals surface area (Å²) in [5.41, 5.74) is 1.72. The van der Waals surface area contributed by atoms with Gasteiger partial charge in [-0.15, -0.1) is 10.2 Å². The Bertz CT molecular complexity index is 943. The molecule has 3 heterocycles. The summed E-state index contributed by atoms with van der Waals surface area (Å²) < 4.78 is 10.8. The highest BCUT2D eigenvalue weighted by atomic mass is 32.2. The van der Waals surface area contributed by atoms with Gasteiger partial charge in [0.05, 0.1) is 23.0 Å². The van der Waals surface area contributed by atoms with E-state index in [0.29, 0.717) is 41.0 Å². The summed E-state index contributed by atoms with van der Waals surface area (Å²) in [4.78, 5) is 25.9. The van der Waals surface area contributed by atoms with Gasteiger partial charge in [0.25, 0.3) is 22.9 Å². The third-order valence-corrected chi connectivity index (χ3v) is 5.03. The number of nitrogens with zero attached hydrogens (tertiary/aromatic N) is 3. The summed E-state index contributed by atoms with van der Waals surface area (Å²) in [7, 11) is 0. The Balaban J connectivity index is 1.31. The maximum Gasteiger partial charge on any atom is 0.276 e. The first-order valence-corrected chi connectivity index (χ1v) is 9.09. The Hall–Kier alpha value is -2.87. The van der Waals surface area contributed by atoms with E-state index in [1.807, 2.05) is 6.92 Å². The number of aryl methyl sites for hydroxylation is 1. The number of furan rings is 1. The van der Waals surface area contributed by atoms with Crippen molar-refractivity contribution in [3.63, 3.8) is 0 Å². The van der Waals surface area contributed by atoms with Crippen LogP contribution < -0.4 is 0 Å². The van der Waals surface area contributed by atoms with E-state index in [4.69, 9.17) is 8.83 Å². The summed E-state index contributed by atoms with van der Waals surface area (Å²) in [6, 6.07) is 8.67. The minimum Gasteiger partial charge on any atom is -0.469 e. The van der Waals surface area contributed by atoms with Crippen molar-refractivity contribution in [1.29, 1.82) is 0 Å². The second-order valence-electron chi connectivity index (χ2n) is 5.77. The van der Waals surface area contributed by atoms with Crippen LogP contribution in [0.25, 0.3) is 11.5 Å². The van der Waals surface area contributed by atoms with Crippen LogP contribution in [-0.4, -0.2) is 39.2 Å². The van der Waals surface area contributed by atoms with Crippen LogP contribution in [0.5, 0.6) is 0 Å². The van der Waals surface area contributed by atoms with Crippen molar-refractivity contribution in [2.75, 3.05) is 12.3 Å². The van der Waals surface area contributed by atoms with Crippen LogP contribution in [-0.2, 0) is 0 Å². The quantitative estimate of drug-likeness (QED) is 0.374. The van der Waals surface area contributed by atoms with Crippen LogP contribution >= 0.6 is 11.8 Å². The number of carbonyl (C=O) groups is 2.